The van der Waals surface area contributed by atoms with E-state index in [4.69, 9.17) is 0 Å². The summed E-state index contributed by atoms with van der Waals surface area (Å²) in [5.74, 6) is -0.133. The SMILES string of the molecule is Cl.Fc1cccc2cccc(Pc3ccccc3)c12. The lowest BCUT2D eigenvalue weighted by Gasteiger charge is -2.07. The Kier molecular flexibility index (Phi) is 4.52. The van der Waals surface area contributed by atoms with Crippen LogP contribution in [0.15, 0.2) is 66.7 Å². The molecule has 96 valence electrons. The van der Waals surface area contributed by atoms with Crippen LogP contribution in [0.5, 0.6) is 0 Å². The van der Waals surface area contributed by atoms with Crippen LogP contribution in [0.4, 0.5) is 4.39 Å². The molecule has 1 atom stereocenters. The van der Waals surface area contributed by atoms with Crippen molar-refractivity contribution < 1.29 is 4.39 Å². The van der Waals surface area contributed by atoms with Crippen molar-refractivity contribution in [1.82, 2.24) is 0 Å². The molecule has 0 fully saturated rings. The van der Waals surface area contributed by atoms with Crippen LogP contribution in [-0.2, 0) is 0 Å². The summed E-state index contributed by atoms with van der Waals surface area (Å²) in [7, 11) is 0.487. The van der Waals surface area contributed by atoms with Crippen LogP contribution in [0.25, 0.3) is 10.8 Å². The first-order valence-electron chi connectivity index (χ1n) is 5.84. The Morgan fingerprint density at radius 3 is 2.16 bits per heavy atom. The first kappa shape index (κ1) is 14.0. The van der Waals surface area contributed by atoms with Crippen molar-refractivity contribution in [2.45, 2.75) is 0 Å². The molecule has 0 nitrogen and oxygen atoms in total. The second-order valence-corrected chi connectivity index (χ2v) is 5.50. The van der Waals surface area contributed by atoms with Gasteiger partial charge in [0, 0.05) is 5.39 Å². The number of benzene rings is 3. The zero-order valence-corrected chi connectivity index (χ0v) is 12.0. The molecule has 3 aromatic carbocycles. The number of hydrogen-bond acceptors (Lipinski definition) is 0. The van der Waals surface area contributed by atoms with Crippen molar-refractivity contribution in [1.29, 1.82) is 0 Å². The van der Waals surface area contributed by atoms with E-state index in [2.05, 4.69) is 12.1 Å². The number of fused-ring (bicyclic) bond motifs is 1. The Balaban J connectivity index is 0.00000133. The van der Waals surface area contributed by atoms with E-state index in [1.807, 2.05) is 42.5 Å². The zero-order valence-electron chi connectivity index (χ0n) is 10.1. The van der Waals surface area contributed by atoms with Gasteiger partial charge in [-0.3, -0.25) is 0 Å². The number of hydrogen-bond donors (Lipinski definition) is 0. The lowest BCUT2D eigenvalue weighted by molar-refractivity contribution is 0.640. The Labute approximate surface area is 119 Å². The Morgan fingerprint density at radius 2 is 1.42 bits per heavy atom. The highest BCUT2D eigenvalue weighted by Crippen LogP contribution is 2.21. The third-order valence-electron chi connectivity index (χ3n) is 2.91. The average molecular weight is 291 g/mol. The summed E-state index contributed by atoms with van der Waals surface area (Å²) in [6, 6.07) is 21.4. The third kappa shape index (κ3) is 2.94. The van der Waals surface area contributed by atoms with Crippen molar-refractivity contribution in [2.75, 3.05) is 0 Å². The van der Waals surface area contributed by atoms with Crippen LogP contribution in [0.1, 0.15) is 0 Å². The summed E-state index contributed by atoms with van der Waals surface area (Å²) >= 11 is 0. The summed E-state index contributed by atoms with van der Waals surface area (Å²) in [6.07, 6.45) is 0. The lowest BCUT2D eigenvalue weighted by Crippen LogP contribution is -2.05. The molecule has 3 aromatic rings. The van der Waals surface area contributed by atoms with Crippen LogP contribution in [-0.4, -0.2) is 0 Å². The topological polar surface area (TPSA) is 0 Å². The molecular formula is C16H13ClFP. The van der Waals surface area contributed by atoms with Gasteiger partial charge in [-0.25, -0.2) is 4.39 Å². The Morgan fingerprint density at radius 1 is 0.737 bits per heavy atom. The van der Waals surface area contributed by atoms with Crippen molar-refractivity contribution in [3.8, 4) is 0 Å². The third-order valence-corrected chi connectivity index (χ3v) is 4.21. The van der Waals surface area contributed by atoms with Gasteiger partial charge >= 0.3 is 0 Å². The maximum Gasteiger partial charge on any atom is 0.131 e. The van der Waals surface area contributed by atoms with Gasteiger partial charge in [0.1, 0.15) is 5.82 Å². The zero-order chi connectivity index (χ0) is 12.4. The highest BCUT2D eigenvalue weighted by molar-refractivity contribution is 7.56. The van der Waals surface area contributed by atoms with Gasteiger partial charge in [0.25, 0.3) is 0 Å². The summed E-state index contributed by atoms with van der Waals surface area (Å²) in [6.45, 7) is 0. The molecular weight excluding hydrogens is 278 g/mol. The molecule has 0 heterocycles. The molecule has 1 unspecified atom stereocenters. The molecule has 19 heavy (non-hydrogen) atoms. The van der Waals surface area contributed by atoms with Crippen molar-refractivity contribution in [2.24, 2.45) is 0 Å². The molecule has 0 spiro atoms. The van der Waals surface area contributed by atoms with Crippen LogP contribution < -0.4 is 10.6 Å². The van der Waals surface area contributed by atoms with Crippen molar-refractivity contribution in [3.63, 3.8) is 0 Å². The second kappa shape index (κ2) is 6.14. The molecule has 0 aliphatic heterocycles. The molecule has 3 rings (SSSR count). The highest BCUT2D eigenvalue weighted by Gasteiger charge is 2.06. The Hall–Kier alpha value is -1.43. The van der Waals surface area contributed by atoms with Gasteiger partial charge in [0.2, 0.25) is 0 Å². The summed E-state index contributed by atoms with van der Waals surface area (Å²) in [5, 5.41) is 4.02. The summed E-state index contributed by atoms with van der Waals surface area (Å²) in [5.41, 5.74) is 0. The molecule has 0 N–H and O–H groups in total. The molecule has 0 radical (unpaired) electrons. The van der Waals surface area contributed by atoms with Gasteiger partial charge in [0.15, 0.2) is 0 Å². The van der Waals surface area contributed by atoms with Crippen molar-refractivity contribution >= 4 is 42.4 Å². The smallest absolute Gasteiger partial charge is 0.131 e. The second-order valence-electron chi connectivity index (χ2n) is 4.13. The van der Waals surface area contributed by atoms with Gasteiger partial charge in [0.05, 0.1) is 0 Å². The fraction of sp³-hybridized carbons (Fsp3) is 0. The van der Waals surface area contributed by atoms with Gasteiger partial charge in [-0.15, -0.1) is 12.4 Å². The minimum atomic E-state index is -0.133. The molecule has 0 saturated carbocycles. The normalized spacial score (nSPS) is 10.8. The molecule has 0 aliphatic rings. The van der Waals surface area contributed by atoms with Crippen LogP contribution in [0.2, 0.25) is 0 Å². The molecule has 0 amide bonds. The molecule has 3 heteroatoms. The maximum atomic E-state index is 14.0. The average Bonchev–Trinajstić information content (AvgIpc) is 2.40. The predicted molar refractivity (Wildman–Crippen MR) is 85.2 cm³/mol. The van der Waals surface area contributed by atoms with Crippen LogP contribution in [0.3, 0.4) is 0 Å². The van der Waals surface area contributed by atoms with E-state index in [1.54, 1.807) is 6.07 Å². The Bertz CT molecular complexity index is 677. The van der Waals surface area contributed by atoms with Crippen molar-refractivity contribution in [3.05, 3.63) is 72.5 Å². The van der Waals surface area contributed by atoms with Gasteiger partial charge in [-0.1, -0.05) is 69.2 Å². The van der Waals surface area contributed by atoms with Gasteiger partial charge < -0.3 is 0 Å². The fourth-order valence-electron chi connectivity index (χ4n) is 2.08. The minimum absolute atomic E-state index is 0. The molecule has 0 bridgehead atoms. The predicted octanol–water partition coefficient (Wildman–Crippen LogP) is 4.03. The summed E-state index contributed by atoms with van der Waals surface area (Å²) < 4.78 is 14.0. The van der Waals surface area contributed by atoms with Crippen LogP contribution >= 0.6 is 21.0 Å². The number of rotatable bonds is 2. The highest BCUT2D eigenvalue weighted by atomic mass is 35.5. The van der Waals surface area contributed by atoms with E-state index in [1.165, 1.54) is 11.4 Å². The first-order valence-corrected chi connectivity index (χ1v) is 6.84. The van der Waals surface area contributed by atoms with Crippen LogP contribution in [0, 0.1) is 5.82 Å². The van der Waals surface area contributed by atoms with E-state index < -0.39 is 0 Å². The monoisotopic (exact) mass is 290 g/mol. The summed E-state index contributed by atoms with van der Waals surface area (Å²) in [4.78, 5) is 0. The van der Waals surface area contributed by atoms with E-state index in [0.717, 1.165) is 16.1 Å². The standard InChI is InChI=1S/C16H12FP.ClH/c17-14-10-4-6-12-7-5-11-15(16(12)14)18-13-8-2-1-3-9-13;/h1-11,18H;1H. The molecule has 0 aliphatic carbocycles. The largest absolute Gasteiger partial charge is 0.206 e. The number of halogens is 2. The van der Waals surface area contributed by atoms with E-state index >= 15 is 0 Å². The first-order chi connectivity index (χ1) is 8.84. The quantitative estimate of drug-likeness (QED) is 0.625. The molecule has 0 aromatic heterocycles. The maximum absolute atomic E-state index is 14.0. The lowest BCUT2D eigenvalue weighted by atomic mass is 10.1. The van der Waals surface area contributed by atoms with E-state index in [-0.39, 0.29) is 18.2 Å². The molecule has 0 saturated heterocycles. The van der Waals surface area contributed by atoms with Gasteiger partial charge in [-0.05, 0) is 22.1 Å². The van der Waals surface area contributed by atoms with E-state index in [9.17, 15) is 4.39 Å². The fourth-order valence-corrected chi connectivity index (χ4v) is 3.31. The minimum Gasteiger partial charge on any atom is -0.206 e. The van der Waals surface area contributed by atoms with E-state index in [0.29, 0.717) is 8.58 Å². The van der Waals surface area contributed by atoms with Gasteiger partial charge in [-0.2, -0.15) is 0 Å².